The van der Waals surface area contributed by atoms with Crippen LogP contribution < -0.4 is 0 Å². The van der Waals surface area contributed by atoms with E-state index in [1.165, 1.54) is 37.1 Å². The van der Waals surface area contributed by atoms with Gasteiger partial charge in [0.2, 0.25) is 0 Å². The molecule has 0 aliphatic rings. The summed E-state index contributed by atoms with van der Waals surface area (Å²) in [5.74, 6) is 0. The van der Waals surface area contributed by atoms with Crippen molar-refractivity contribution in [1.29, 1.82) is 0 Å². The number of aromatic nitrogens is 3. The van der Waals surface area contributed by atoms with Gasteiger partial charge in [0.05, 0.1) is 5.52 Å². The summed E-state index contributed by atoms with van der Waals surface area (Å²) in [6.07, 6.45) is 10.0. The van der Waals surface area contributed by atoms with Crippen LogP contribution in [0.3, 0.4) is 0 Å². The lowest BCUT2D eigenvalue weighted by Gasteiger charge is -2.32. The van der Waals surface area contributed by atoms with Crippen molar-refractivity contribution in [2.24, 2.45) is 7.05 Å². The Balaban J connectivity index is 1.62. The van der Waals surface area contributed by atoms with Gasteiger partial charge in [-0.1, -0.05) is 27.7 Å². The molecule has 0 N–H and O–H groups in total. The number of nitrogens with zero attached hydrogens (tertiary/aromatic N) is 3. The van der Waals surface area contributed by atoms with Crippen molar-refractivity contribution in [3.05, 3.63) is 59.1 Å². The highest BCUT2D eigenvalue weighted by atomic mass is 32.1. The number of fused-ring (bicyclic) bond motifs is 2. The number of thiophene rings is 1. The molecular weight excluding hydrogens is 362 g/mol. The third-order valence-electron chi connectivity index (χ3n) is 6.26. The summed E-state index contributed by atoms with van der Waals surface area (Å²) in [6, 6.07) is 6.55. The Bertz CT molecular complexity index is 1060. The van der Waals surface area contributed by atoms with Crippen LogP contribution in [0.2, 0.25) is 0 Å². The van der Waals surface area contributed by atoms with Gasteiger partial charge in [-0.25, -0.2) is 0 Å². The van der Waals surface area contributed by atoms with Crippen LogP contribution in [0.1, 0.15) is 56.7 Å². The number of hydrogen-bond donors (Lipinski definition) is 0. The van der Waals surface area contributed by atoms with Crippen molar-refractivity contribution in [2.75, 3.05) is 0 Å². The molecule has 0 aromatic carbocycles. The van der Waals surface area contributed by atoms with Gasteiger partial charge in [0.25, 0.3) is 0 Å². The predicted octanol–water partition coefficient (Wildman–Crippen LogP) is 6.53. The van der Waals surface area contributed by atoms with Crippen LogP contribution in [0.4, 0.5) is 0 Å². The third kappa shape index (κ3) is 3.14. The molecule has 0 amide bonds. The van der Waals surface area contributed by atoms with E-state index in [0.29, 0.717) is 0 Å². The van der Waals surface area contributed by atoms with E-state index in [0.717, 1.165) is 12.8 Å². The maximum Gasteiger partial charge on any atom is 0.0511 e. The SMILES string of the molecule is Cc1c(C(C)(C)CCC(C)(C)c2cc3cnccc3n2C)sc2ccncc12. The fourth-order valence-electron chi connectivity index (χ4n) is 4.41. The molecule has 0 aliphatic carbocycles. The highest BCUT2D eigenvalue weighted by Gasteiger charge is 2.31. The first-order valence-electron chi connectivity index (χ1n) is 9.94. The third-order valence-corrected chi connectivity index (χ3v) is 7.90. The van der Waals surface area contributed by atoms with Crippen molar-refractivity contribution in [3.63, 3.8) is 0 Å². The minimum absolute atomic E-state index is 0.0944. The van der Waals surface area contributed by atoms with Gasteiger partial charge in [0.15, 0.2) is 0 Å². The van der Waals surface area contributed by atoms with Gasteiger partial charge >= 0.3 is 0 Å². The lowest BCUT2D eigenvalue weighted by molar-refractivity contribution is 0.367. The molecule has 0 bridgehead atoms. The first kappa shape index (κ1) is 19.1. The molecule has 146 valence electrons. The summed E-state index contributed by atoms with van der Waals surface area (Å²) in [5.41, 5.74) is 4.26. The lowest BCUT2D eigenvalue weighted by Crippen LogP contribution is -2.26. The molecule has 4 heterocycles. The van der Waals surface area contributed by atoms with Crippen LogP contribution >= 0.6 is 11.3 Å². The van der Waals surface area contributed by atoms with Gasteiger partial charge in [-0.05, 0) is 48.9 Å². The van der Waals surface area contributed by atoms with Crippen LogP contribution in [0.15, 0.2) is 43.0 Å². The van der Waals surface area contributed by atoms with Crippen LogP contribution in [-0.2, 0) is 17.9 Å². The first-order valence-corrected chi connectivity index (χ1v) is 10.8. The van der Waals surface area contributed by atoms with E-state index >= 15 is 0 Å². The van der Waals surface area contributed by atoms with Crippen LogP contribution in [0.25, 0.3) is 21.0 Å². The zero-order chi connectivity index (χ0) is 20.1. The number of rotatable bonds is 5. The molecule has 0 unspecified atom stereocenters. The van der Waals surface area contributed by atoms with E-state index in [4.69, 9.17) is 0 Å². The molecule has 0 radical (unpaired) electrons. The topological polar surface area (TPSA) is 30.7 Å². The van der Waals surface area contributed by atoms with E-state index in [1.807, 2.05) is 36.1 Å². The summed E-state index contributed by atoms with van der Waals surface area (Å²) in [6.45, 7) is 11.8. The van der Waals surface area contributed by atoms with E-state index in [-0.39, 0.29) is 10.8 Å². The fourth-order valence-corrected chi connectivity index (χ4v) is 5.72. The molecule has 28 heavy (non-hydrogen) atoms. The highest BCUT2D eigenvalue weighted by molar-refractivity contribution is 7.19. The minimum Gasteiger partial charge on any atom is -0.347 e. The second kappa shape index (κ2) is 6.70. The average molecular weight is 392 g/mol. The Labute approximate surface area is 171 Å². The van der Waals surface area contributed by atoms with Crippen molar-refractivity contribution < 1.29 is 0 Å². The van der Waals surface area contributed by atoms with Gasteiger partial charge in [-0.3, -0.25) is 9.97 Å². The average Bonchev–Trinajstić information content (AvgIpc) is 3.20. The molecule has 4 aromatic rings. The molecule has 4 rings (SSSR count). The minimum atomic E-state index is 0.0944. The maximum atomic E-state index is 4.32. The Kier molecular flexibility index (Phi) is 4.58. The summed E-state index contributed by atoms with van der Waals surface area (Å²) < 4.78 is 3.68. The number of aryl methyl sites for hydroxylation is 2. The zero-order valence-electron chi connectivity index (χ0n) is 17.7. The van der Waals surface area contributed by atoms with E-state index in [9.17, 15) is 0 Å². The molecule has 0 spiro atoms. The summed E-state index contributed by atoms with van der Waals surface area (Å²) in [7, 11) is 2.17. The molecule has 0 atom stereocenters. The number of pyridine rings is 2. The maximum absolute atomic E-state index is 4.32. The summed E-state index contributed by atoms with van der Waals surface area (Å²) >= 11 is 1.93. The monoisotopic (exact) mass is 391 g/mol. The van der Waals surface area contributed by atoms with Crippen LogP contribution in [0.5, 0.6) is 0 Å². The summed E-state index contributed by atoms with van der Waals surface area (Å²) in [4.78, 5) is 10.1. The Morgan fingerprint density at radius 3 is 2.36 bits per heavy atom. The first-order chi connectivity index (χ1) is 13.2. The smallest absolute Gasteiger partial charge is 0.0511 e. The predicted molar refractivity (Wildman–Crippen MR) is 120 cm³/mol. The second-order valence-electron chi connectivity index (χ2n) is 9.22. The number of hydrogen-bond acceptors (Lipinski definition) is 3. The Morgan fingerprint density at radius 1 is 0.964 bits per heavy atom. The largest absolute Gasteiger partial charge is 0.347 e. The normalized spacial score (nSPS) is 12.9. The molecule has 0 saturated carbocycles. The van der Waals surface area contributed by atoms with Crippen molar-refractivity contribution in [3.8, 4) is 0 Å². The quantitative estimate of drug-likeness (QED) is 0.387. The fraction of sp³-hybridized carbons (Fsp3) is 0.417. The Hall–Kier alpha value is -2.20. The van der Waals surface area contributed by atoms with Gasteiger partial charge in [0.1, 0.15) is 0 Å². The van der Waals surface area contributed by atoms with Crippen LogP contribution in [0, 0.1) is 6.92 Å². The van der Waals surface area contributed by atoms with Crippen molar-refractivity contribution in [2.45, 2.75) is 58.3 Å². The van der Waals surface area contributed by atoms with Gasteiger partial charge in [-0.2, -0.15) is 0 Å². The van der Waals surface area contributed by atoms with E-state index in [2.05, 4.69) is 74.4 Å². The lowest BCUT2D eigenvalue weighted by atomic mass is 9.76. The van der Waals surface area contributed by atoms with Gasteiger partial charge in [-0.15, -0.1) is 11.3 Å². The van der Waals surface area contributed by atoms with Crippen LogP contribution in [-0.4, -0.2) is 14.5 Å². The molecule has 4 heteroatoms. The summed E-state index contributed by atoms with van der Waals surface area (Å²) in [5, 5.41) is 2.52. The highest BCUT2D eigenvalue weighted by Crippen LogP contribution is 2.43. The molecule has 0 saturated heterocycles. The van der Waals surface area contributed by atoms with Crippen molar-refractivity contribution in [1.82, 2.24) is 14.5 Å². The molecule has 4 aromatic heterocycles. The molecule has 0 aliphatic heterocycles. The van der Waals surface area contributed by atoms with E-state index in [1.54, 1.807) is 0 Å². The molecule has 3 nitrogen and oxygen atoms in total. The van der Waals surface area contributed by atoms with Crippen molar-refractivity contribution >= 4 is 32.3 Å². The van der Waals surface area contributed by atoms with Gasteiger partial charge in [0, 0.05) is 63.3 Å². The molecular formula is C24H29N3S. The zero-order valence-corrected chi connectivity index (χ0v) is 18.5. The Morgan fingerprint density at radius 2 is 1.64 bits per heavy atom. The van der Waals surface area contributed by atoms with E-state index < -0.39 is 0 Å². The standard InChI is InChI=1S/C24H29N3S/c1-16-18-15-26-12-8-20(18)28-22(16)24(4,5)10-9-23(2,3)21-13-17-14-25-11-7-19(17)27(21)6/h7-8,11-15H,9-10H2,1-6H3. The molecule has 0 fully saturated rings. The van der Waals surface area contributed by atoms with Gasteiger partial charge < -0.3 is 4.57 Å². The second-order valence-corrected chi connectivity index (χ2v) is 10.3.